The Hall–Kier alpha value is -1.86. The number of hydrogen-bond donors (Lipinski definition) is 1. The van der Waals surface area contributed by atoms with Gasteiger partial charge >= 0.3 is 0 Å². The van der Waals surface area contributed by atoms with Crippen LogP contribution in [0.2, 0.25) is 5.02 Å². The van der Waals surface area contributed by atoms with E-state index >= 15 is 0 Å². The van der Waals surface area contributed by atoms with Crippen LogP contribution in [0.1, 0.15) is 50.7 Å². The lowest BCUT2D eigenvalue weighted by Crippen LogP contribution is -2.34. The molecule has 30 heavy (non-hydrogen) atoms. The minimum absolute atomic E-state index is 0.0906. The van der Waals surface area contributed by atoms with E-state index in [1.807, 2.05) is 13.8 Å². The first-order valence-electron chi connectivity index (χ1n) is 9.40. The molecule has 2 aromatic heterocycles. The molecule has 1 fully saturated rings. The number of halogens is 1. The average Bonchev–Trinajstić information content (AvgIpc) is 3.13. The Bertz CT molecular complexity index is 946. The Morgan fingerprint density at radius 2 is 1.93 bits per heavy atom. The summed E-state index contributed by atoms with van der Waals surface area (Å²) in [7, 11) is -2.55. The zero-order valence-electron chi connectivity index (χ0n) is 17.1. The predicted octanol–water partition coefficient (Wildman–Crippen LogP) is 1.91. The Balaban J connectivity index is 1.86. The molecular formula is C17H25ClN6O5S. The molecule has 0 aromatic carbocycles. The second-order valence-electron chi connectivity index (χ2n) is 7.05. The van der Waals surface area contributed by atoms with Crippen molar-refractivity contribution in [2.24, 2.45) is 0 Å². The van der Waals surface area contributed by atoms with Crippen LogP contribution in [0.5, 0.6) is 0 Å². The van der Waals surface area contributed by atoms with E-state index < -0.39 is 27.5 Å². The van der Waals surface area contributed by atoms with Crippen LogP contribution in [0.15, 0.2) is 12.4 Å². The van der Waals surface area contributed by atoms with Crippen molar-refractivity contribution in [3.8, 4) is 0 Å². The second-order valence-corrected chi connectivity index (χ2v) is 9.52. The van der Waals surface area contributed by atoms with Gasteiger partial charge in [-0.05, 0) is 20.8 Å². The Morgan fingerprint density at radius 1 is 1.23 bits per heavy atom. The van der Waals surface area contributed by atoms with E-state index in [9.17, 15) is 8.42 Å². The summed E-state index contributed by atoms with van der Waals surface area (Å²) in [5.41, 5.74) is 0. The van der Waals surface area contributed by atoms with Gasteiger partial charge in [0.15, 0.2) is 11.6 Å². The lowest BCUT2D eigenvalue weighted by molar-refractivity contribution is -0.0950. The molecule has 0 bridgehead atoms. The van der Waals surface area contributed by atoms with Crippen molar-refractivity contribution in [1.82, 2.24) is 24.7 Å². The number of nitrogens with one attached hydrogen (secondary N) is 1. The van der Waals surface area contributed by atoms with Gasteiger partial charge in [0, 0.05) is 25.5 Å². The predicted molar refractivity (Wildman–Crippen MR) is 109 cm³/mol. The van der Waals surface area contributed by atoms with Gasteiger partial charge in [-0.25, -0.2) is 18.4 Å². The first-order valence-corrected chi connectivity index (χ1v) is 11.3. The van der Waals surface area contributed by atoms with Gasteiger partial charge in [0.05, 0.1) is 24.8 Å². The molecule has 2 aromatic rings. The monoisotopic (exact) mass is 460 g/mol. The SMILES string of the molecule is CO[C@H](c1ncc(Cl)cn1)[C@H](C)S(=O)(=O)Nc1nnc([C@H]2COCCO2)n1C(C)C. The molecule has 1 aliphatic heterocycles. The van der Waals surface area contributed by atoms with Crippen LogP contribution in [-0.2, 0) is 24.2 Å². The maximum absolute atomic E-state index is 13.1. The molecule has 0 radical (unpaired) electrons. The minimum atomic E-state index is -3.94. The summed E-state index contributed by atoms with van der Waals surface area (Å²) >= 11 is 5.82. The third-order valence-corrected chi connectivity index (χ3v) is 6.53. The molecule has 3 atom stereocenters. The molecule has 1 aliphatic rings. The van der Waals surface area contributed by atoms with Crippen molar-refractivity contribution < 1.29 is 22.6 Å². The van der Waals surface area contributed by atoms with Crippen molar-refractivity contribution in [2.45, 2.75) is 44.3 Å². The Morgan fingerprint density at radius 3 is 2.50 bits per heavy atom. The highest BCUT2D eigenvalue weighted by atomic mass is 35.5. The zero-order chi connectivity index (χ0) is 21.9. The quantitative estimate of drug-likeness (QED) is 0.627. The number of nitrogens with zero attached hydrogens (tertiary/aromatic N) is 5. The highest BCUT2D eigenvalue weighted by molar-refractivity contribution is 7.93. The molecule has 3 rings (SSSR count). The van der Waals surface area contributed by atoms with E-state index in [0.29, 0.717) is 30.7 Å². The third-order valence-electron chi connectivity index (χ3n) is 4.64. The highest BCUT2D eigenvalue weighted by Crippen LogP contribution is 2.28. The van der Waals surface area contributed by atoms with Crippen LogP contribution >= 0.6 is 11.6 Å². The van der Waals surface area contributed by atoms with Crippen molar-refractivity contribution in [2.75, 3.05) is 31.7 Å². The topological polar surface area (TPSA) is 130 Å². The highest BCUT2D eigenvalue weighted by Gasteiger charge is 2.35. The number of anilines is 1. The van der Waals surface area contributed by atoms with Crippen molar-refractivity contribution >= 4 is 27.6 Å². The molecule has 0 amide bonds. The fraction of sp³-hybridized carbons (Fsp3) is 0.647. The van der Waals surface area contributed by atoms with E-state index in [-0.39, 0.29) is 17.8 Å². The molecule has 13 heteroatoms. The van der Waals surface area contributed by atoms with Gasteiger partial charge < -0.3 is 14.2 Å². The first kappa shape index (κ1) is 22.8. The van der Waals surface area contributed by atoms with Crippen LogP contribution < -0.4 is 4.72 Å². The summed E-state index contributed by atoms with van der Waals surface area (Å²) in [6.07, 6.45) is 1.44. The van der Waals surface area contributed by atoms with E-state index in [0.717, 1.165) is 0 Å². The number of aromatic nitrogens is 5. The number of sulfonamides is 1. The van der Waals surface area contributed by atoms with Gasteiger partial charge in [0.2, 0.25) is 16.0 Å². The number of hydrogen-bond acceptors (Lipinski definition) is 9. The molecule has 11 nitrogen and oxygen atoms in total. The van der Waals surface area contributed by atoms with Crippen LogP contribution in [0.3, 0.4) is 0 Å². The van der Waals surface area contributed by atoms with E-state index in [4.69, 9.17) is 25.8 Å². The third kappa shape index (κ3) is 4.89. The Kier molecular flexibility index (Phi) is 7.24. The normalized spacial score (nSPS) is 19.6. The molecule has 166 valence electrons. The summed E-state index contributed by atoms with van der Waals surface area (Å²) in [5, 5.41) is 7.51. The Labute approximate surface area is 180 Å². The maximum atomic E-state index is 13.1. The van der Waals surface area contributed by atoms with Crippen LogP contribution in [0.25, 0.3) is 0 Å². The molecule has 0 spiro atoms. The standard InChI is InChI=1S/C17H25ClN6O5S/c1-10(2)24-16(13-9-28-5-6-29-13)21-22-17(24)23-30(25,26)11(3)14(27-4)15-19-7-12(18)8-20-15/h7-8,10-11,13-14H,5-6,9H2,1-4H3,(H,22,23)/t11-,13+,14-/m0/s1. The molecule has 0 aliphatic carbocycles. The molecular weight excluding hydrogens is 436 g/mol. The molecule has 1 N–H and O–H groups in total. The van der Waals surface area contributed by atoms with Gasteiger partial charge in [-0.1, -0.05) is 11.6 Å². The molecule has 0 saturated carbocycles. The lowest BCUT2D eigenvalue weighted by atomic mass is 10.2. The smallest absolute Gasteiger partial charge is 0.240 e. The van der Waals surface area contributed by atoms with E-state index in [1.165, 1.54) is 26.4 Å². The minimum Gasteiger partial charge on any atom is -0.376 e. The average molecular weight is 461 g/mol. The zero-order valence-corrected chi connectivity index (χ0v) is 18.7. The number of ether oxygens (including phenoxy) is 3. The fourth-order valence-electron chi connectivity index (χ4n) is 3.10. The lowest BCUT2D eigenvalue weighted by Gasteiger charge is -2.25. The largest absolute Gasteiger partial charge is 0.376 e. The van der Waals surface area contributed by atoms with Crippen molar-refractivity contribution in [1.29, 1.82) is 0 Å². The summed E-state index contributed by atoms with van der Waals surface area (Å²) in [6, 6.07) is -0.119. The molecule has 3 heterocycles. The number of methoxy groups -OCH3 is 1. The van der Waals surface area contributed by atoms with Crippen LogP contribution in [0, 0.1) is 0 Å². The van der Waals surface area contributed by atoms with Crippen LogP contribution in [0.4, 0.5) is 5.95 Å². The van der Waals surface area contributed by atoms with Gasteiger partial charge in [0.25, 0.3) is 0 Å². The fourth-order valence-corrected chi connectivity index (χ4v) is 4.33. The van der Waals surface area contributed by atoms with Gasteiger partial charge in [-0.2, -0.15) is 0 Å². The summed E-state index contributed by atoms with van der Waals surface area (Å²) < 4.78 is 46.9. The summed E-state index contributed by atoms with van der Waals surface area (Å²) in [4.78, 5) is 8.16. The van der Waals surface area contributed by atoms with E-state index in [1.54, 1.807) is 4.57 Å². The number of rotatable bonds is 8. The molecule has 0 unspecified atom stereocenters. The van der Waals surface area contributed by atoms with Crippen LogP contribution in [-0.4, -0.2) is 65.3 Å². The maximum Gasteiger partial charge on any atom is 0.240 e. The summed E-state index contributed by atoms with van der Waals surface area (Å²) in [5.74, 6) is 0.797. The molecule has 1 saturated heterocycles. The van der Waals surface area contributed by atoms with Crippen molar-refractivity contribution in [3.05, 3.63) is 29.1 Å². The first-order chi connectivity index (χ1) is 14.2. The van der Waals surface area contributed by atoms with E-state index in [2.05, 4.69) is 24.9 Å². The van der Waals surface area contributed by atoms with Gasteiger partial charge in [-0.3, -0.25) is 9.29 Å². The summed E-state index contributed by atoms with van der Waals surface area (Å²) in [6.45, 7) is 6.57. The van der Waals surface area contributed by atoms with Gasteiger partial charge in [-0.15, -0.1) is 10.2 Å². The van der Waals surface area contributed by atoms with Gasteiger partial charge in [0.1, 0.15) is 17.5 Å². The second kappa shape index (κ2) is 9.52. The van der Waals surface area contributed by atoms with Crippen molar-refractivity contribution in [3.63, 3.8) is 0 Å².